The van der Waals surface area contributed by atoms with Crippen molar-refractivity contribution in [3.63, 3.8) is 0 Å². The highest BCUT2D eigenvalue weighted by Crippen LogP contribution is 2.35. The molecule has 4 nitrogen and oxygen atoms in total. The number of aliphatic hydroxyl groups is 1. The molecule has 2 fully saturated rings. The third-order valence-corrected chi connectivity index (χ3v) is 5.58. The summed E-state index contributed by atoms with van der Waals surface area (Å²) in [6.45, 7) is 1.98. The summed E-state index contributed by atoms with van der Waals surface area (Å²) in [5.74, 6) is -0.271. The normalized spacial score (nSPS) is 26.9. The van der Waals surface area contributed by atoms with E-state index in [-0.39, 0.29) is 17.2 Å². The zero-order valence-electron chi connectivity index (χ0n) is 13.3. The molecule has 5 heteroatoms. The van der Waals surface area contributed by atoms with Gasteiger partial charge in [-0.3, -0.25) is 4.79 Å². The van der Waals surface area contributed by atoms with Crippen molar-refractivity contribution < 1.29 is 14.6 Å². The molecule has 2 unspecified atom stereocenters. The first-order valence-electron chi connectivity index (χ1n) is 8.40. The van der Waals surface area contributed by atoms with Crippen LogP contribution in [-0.4, -0.2) is 36.9 Å². The van der Waals surface area contributed by atoms with Crippen LogP contribution in [0.2, 0.25) is 5.02 Å². The summed E-state index contributed by atoms with van der Waals surface area (Å²) in [7, 11) is 0. The van der Waals surface area contributed by atoms with Gasteiger partial charge in [-0.15, -0.1) is 0 Å². The molecule has 1 amide bonds. The molecule has 1 aromatic rings. The maximum absolute atomic E-state index is 12.4. The quantitative estimate of drug-likeness (QED) is 0.888. The Labute approximate surface area is 142 Å². The zero-order valence-corrected chi connectivity index (χ0v) is 14.0. The van der Waals surface area contributed by atoms with Gasteiger partial charge in [0.1, 0.15) is 0 Å². The molecule has 1 heterocycles. The van der Waals surface area contributed by atoms with Gasteiger partial charge < -0.3 is 15.2 Å². The van der Waals surface area contributed by atoms with E-state index in [1.165, 1.54) is 5.56 Å². The van der Waals surface area contributed by atoms with Crippen molar-refractivity contribution in [1.82, 2.24) is 5.32 Å². The third kappa shape index (κ3) is 3.70. The topological polar surface area (TPSA) is 58.6 Å². The predicted octanol–water partition coefficient (Wildman–Crippen LogP) is 2.67. The van der Waals surface area contributed by atoms with Crippen molar-refractivity contribution in [3.05, 3.63) is 34.9 Å². The highest BCUT2D eigenvalue weighted by molar-refractivity contribution is 6.30. The number of amides is 1. The van der Waals surface area contributed by atoms with E-state index >= 15 is 0 Å². The molecule has 1 saturated heterocycles. The van der Waals surface area contributed by atoms with Gasteiger partial charge >= 0.3 is 0 Å². The molecule has 1 aliphatic carbocycles. The molecule has 0 aromatic heterocycles. The third-order valence-electron chi connectivity index (χ3n) is 5.32. The van der Waals surface area contributed by atoms with E-state index in [1.807, 2.05) is 24.3 Å². The van der Waals surface area contributed by atoms with Crippen LogP contribution in [-0.2, 0) is 14.9 Å². The fraction of sp³-hybridized carbons (Fsp3) is 0.611. The first-order chi connectivity index (χ1) is 11.1. The number of rotatable bonds is 4. The standard InChI is InChI=1S/C18H24ClNO3/c19-14-6-4-13(5-7-14)18(8-10-23-11-9-18)12-20-17(22)15-2-1-3-16(15)21/h4-7,15-16,21H,1-3,8-12H2,(H,20,22). The smallest absolute Gasteiger partial charge is 0.225 e. The molecule has 126 valence electrons. The summed E-state index contributed by atoms with van der Waals surface area (Å²) in [6, 6.07) is 7.89. The van der Waals surface area contributed by atoms with Crippen LogP contribution in [0.4, 0.5) is 0 Å². The molecule has 2 aliphatic rings. The molecular formula is C18H24ClNO3. The maximum atomic E-state index is 12.4. The van der Waals surface area contributed by atoms with Crippen LogP contribution in [0, 0.1) is 5.92 Å². The number of carbonyl (C=O) groups is 1. The average Bonchev–Trinajstić information content (AvgIpc) is 3.00. The molecule has 1 aliphatic heterocycles. The van der Waals surface area contributed by atoms with Gasteiger partial charge in [0.25, 0.3) is 0 Å². The second-order valence-electron chi connectivity index (χ2n) is 6.72. The van der Waals surface area contributed by atoms with Crippen LogP contribution in [0.3, 0.4) is 0 Å². The number of carbonyl (C=O) groups excluding carboxylic acids is 1. The minimum atomic E-state index is -0.490. The lowest BCUT2D eigenvalue weighted by Crippen LogP contribution is -2.46. The fourth-order valence-corrected chi connectivity index (χ4v) is 3.89. The Bertz CT molecular complexity index is 540. The van der Waals surface area contributed by atoms with Crippen LogP contribution in [0.5, 0.6) is 0 Å². The Balaban J connectivity index is 1.72. The van der Waals surface area contributed by atoms with Crippen molar-refractivity contribution in [2.24, 2.45) is 5.92 Å². The van der Waals surface area contributed by atoms with Crippen LogP contribution in [0.1, 0.15) is 37.7 Å². The van der Waals surface area contributed by atoms with Crippen molar-refractivity contribution in [1.29, 1.82) is 0 Å². The molecule has 1 aromatic carbocycles. The van der Waals surface area contributed by atoms with Gasteiger partial charge in [0.15, 0.2) is 0 Å². The minimum absolute atomic E-state index is 0.0187. The lowest BCUT2D eigenvalue weighted by atomic mass is 9.74. The van der Waals surface area contributed by atoms with Gasteiger partial charge in [0, 0.05) is 30.2 Å². The number of hydrogen-bond acceptors (Lipinski definition) is 3. The van der Waals surface area contributed by atoms with E-state index in [9.17, 15) is 9.90 Å². The van der Waals surface area contributed by atoms with Crippen LogP contribution in [0.25, 0.3) is 0 Å². The Morgan fingerprint density at radius 3 is 2.57 bits per heavy atom. The molecule has 2 atom stereocenters. The molecule has 1 saturated carbocycles. The molecule has 0 radical (unpaired) electrons. The van der Waals surface area contributed by atoms with Gasteiger partial charge in [-0.2, -0.15) is 0 Å². The SMILES string of the molecule is O=C(NCC1(c2ccc(Cl)cc2)CCOCC1)C1CCCC1O. The summed E-state index contributed by atoms with van der Waals surface area (Å²) >= 11 is 6.00. The monoisotopic (exact) mass is 337 g/mol. The van der Waals surface area contributed by atoms with Crippen molar-refractivity contribution >= 4 is 17.5 Å². The molecular weight excluding hydrogens is 314 g/mol. The Morgan fingerprint density at radius 2 is 1.96 bits per heavy atom. The maximum Gasteiger partial charge on any atom is 0.225 e. The van der Waals surface area contributed by atoms with Crippen molar-refractivity contribution in [2.45, 2.75) is 43.6 Å². The van der Waals surface area contributed by atoms with Gasteiger partial charge in [-0.25, -0.2) is 0 Å². The van der Waals surface area contributed by atoms with E-state index in [4.69, 9.17) is 16.3 Å². The lowest BCUT2D eigenvalue weighted by molar-refractivity contribution is -0.128. The first-order valence-corrected chi connectivity index (χ1v) is 8.78. The molecule has 23 heavy (non-hydrogen) atoms. The first kappa shape index (κ1) is 16.7. The summed E-state index contributed by atoms with van der Waals surface area (Å²) in [6.07, 6.45) is 3.70. The number of hydrogen-bond donors (Lipinski definition) is 2. The molecule has 2 N–H and O–H groups in total. The van der Waals surface area contributed by atoms with Crippen LogP contribution < -0.4 is 5.32 Å². The number of ether oxygens (including phenoxy) is 1. The van der Waals surface area contributed by atoms with Gasteiger partial charge in [-0.1, -0.05) is 23.7 Å². The molecule has 0 spiro atoms. The van der Waals surface area contributed by atoms with Gasteiger partial charge in [0.05, 0.1) is 12.0 Å². The highest BCUT2D eigenvalue weighted by Gasteiger charge is 2.37. The zero-order chi connectivity index (χ0) is 16.3. The molecule has 3 rings (SSSR count). The number of aliphatic hydroxyl groups excluding tert-OH is 1. The summed E-state index contributed by atoms with van der Waals surface area (Å²) < 4.78 is 5.51. The van der Waals surface area contributed by atoms with Crippen LogP contribution >= 0.6 is 11.6 Å². The summed E-state index contributed by atoms with van der Waals surface area (Å²) in [5.41, 5.74) is 1.08. The van der Waals surface area contributed by atoms with E-state index in [2.05, 4.69) is 5.32 Å². The fourth-order valence-electron chi connectivity index (χ4n) is 3.77. The second kappa shape index (κ2) is 7.20. The lowest BCUT2D eigenvalue weighted by Gasteiger charge is -2.38. The Kier molecular flexibility index (Phi) is 5.24. The van der Waals surface area contributed by atoms with Gasteiger partial charge in [-0.05, 0) is 49.8 Å². The van der Waals surface area contributed by atoms with E-state index in [1.54, 1.807) is 0 Å². The largest absolute Gasteiger partial charge is 0.392 e. The molecule has 0 bridgehead atoms. The number of benzene rings is 1. The Morgan fingerprint density at radius 1 is 1.26 bits per heavy atom. The highest BCUT2D eigenvalue weighted by atomic mass is 35.5. The Hall–Kier alpha value is -1.10. The number of halogens is 1. The summed E-state index contributed by atoms with van der Waals surface area (Å²) in [4.78, 5) is 12.4. The second-order valence-corrected chi connectivity index (χ2v) is 7.16. The van der Waals surface area contributed by atoms with Crippen LogP contribution in [0.15, 0.2) is 24.3 Å². The van der Waals surface area contributed by atoms with E-state index in [0.717, 1.165) is 32.1 Å². The van der Waals surface area contributed by atoms with E-state index < -0.39 is 6.10 Å². The van der Waals surface area contributed by atoms with Gasteiger partial charge in [0.2, 0.25) is 5.91 Å². The predicted molar refractivity (Wildman–Crippen MR) is 89.5 cm³/mol. The van der Waals surface area contributed by atoms with Crippen molar-refractivity contribution in [3.8, 4) is 0 Å². The average molecular weight is 338 g/mol. The summed E-state index contributed by atoms with van der Waals surface area (Å²) in [5, 5.41) is 13.7. The number of nitrogens with one attached hydrogen (secondary N) is 1. The van der Waals surface area contributed by atoms with Crippen molar-refractivity contribution in [2.75, 3.05) is 19.8 Å². The minimum Gasteiger partial charge on any atom is -0.392 e. The van der Waals surface area contributed by atoms with E-state index in [0.29, 0.717) is 24.8 Å².